The largest absolute Gasteiger partial charge is 0.466 e. The smallest absolute Gasteiger partial charge is 0.306 e. The fraction of sp³-hybridized carbons (Fsp3) is 0.857. The van der Waals surface area contributed by atoms with Crippen LogP contribution in [0.4, 0.5) is 0 Å². The SMILES string of the molecule is O=C(CCBr)OCCCCO[N+](=O)[O-]. The molecule has 0 rings (SSSR count). The highest BCUT2D eigenvalue weighted by molar-refractivity contribution is 9.09. The lowest BCUT2D eigenvalue weighted by molar-refractivity contribution is -0.757. The van der Waals surface area contributed by atoms with Crippen LogP contribution in [-0.2, 0) is 14.4 Å². The highest BCUT2D eigenvalue weighted by atomic mass is 79.9. The van der Waals surface area contributed by atoms with Gasteiger partial charge in [0.15, 0.2) is 0 Å². The van der Waals surface area contributed by atoms with Gasteiger partial charge in [-0.25, -0.2) is 0 Å². The standard InChI is InChI=1S/C7H12BrNO5/c8-4-3-7(10)13-5-1-2-6-14-9(11)12/h1-6H2. The van der Waals surface area contributed by atoms with Crippen LogP contribution in [0.5, 0.6) is 0 Å². The van der Waals surface area contributed by atoms with Crippen molar-refractivity contribution in [1.82, 2.24) is 0 Å². The quantitative estimate of drug-likeness (QED) is 0.218. The summed E-state index contributed by atoms with van der Waals surface area (Å²) >= 11 is 3.10. The lowest BCUT2D eigenvalue weighted by atomic mass is 10.3. The second kappa shape index (κ2) is 8.74. The van der Waals surface area contributed by atoms with Crippen LogP contribution in [0.25, 0.3) is 0 Å². The summed E-state index contributed by atoms with van der Waals surface area (Å²) < 4.78 is 4.80. The van der Waals surface area contributed by atoms with Gasteiger partial charge in [-0.3, -0.25) is 4.79 Å². The van der Waals surface area contributed by atoms with Gasteiger partial charge < -0.3 is 9.57 Å². The van der Waals surface area contributed by atoms with E-state index in [4.69, 9.17) is 4.74 Å². The fourth-order valence-corrected chi connectivity index (χ4v) is 1.00. The Hall–Kier alpha value is -0.850. The normalized spacial score (nSPS) is 9.50. The zero-order valence-electron chi connectivity index (χ0n) is 7.61. The van der Waals surface area contributed by atoms with Gasteiger partial charge in [0.25, 0.3) is 5.09 Å². The van der Waals surface area contributed by atoms with Crippen LogP contribution < -0.4 is 0 Å². The first-order valence-electron chi connectivity index (χ1n) is 4.15. The number of hydrogen-bond donors (Lipinski definition) is 0. The summed E-state index contributed by atoms with van der Waals surface area (Å²) in [4.78, 5) is 24.6. The van der Waals surface area contributed by atoms with E-state index in [-0.39, 0.29) is 19.2 Å². The number of rotatable bonds is 8. The molecular weight excluding hydrogens is 258 g/mol. The maximum absolute atomic E-state index is 10.8. The lowest BCUT2D eigenvalue weighted by Crippen LogP contribution is -2.08. The number of esters is 1. The molecule has 0 aromatic rings. The molecule has 0 bridgehead atoms. The van der Waals surface area contributed by atoms with Crippen molar-refractivity contribution in [2.75, 3.05) is 18.5 Å². The maximum atomic E-state index is 10.8. The van der Waals surface area contributed by atoms with E-state index in [9.17, 15) is 14.9 Å². The molecule has 0 aliphatic heterocycles. The molecule has 0 saturated heterocycles. The molecule has 0 saturated carbocycles. The first-order valence-corrected chi connectivity index (χ1v) is 5.28. The first kappa shape index (κ1) is 13.2. The molecule has 7 heteroatoms. The fourth-order valence-electron chi connectivity index (χ4n) is 0.679. The van der Waals surface area contributed by atoms with Gasteiger partial charge in [-0.1, -0.05) is 15.9 Å². The van der Waals surface area contributed by atoms with Gasteiger partial charge in [0, 0.05) is 5.33 Å². The summed E-state index contributed by atoms with van der Waals surface area (Å²) in [6.45, 7) is 0.329. The molecular formula is C7H12BrNO5. The minimum absolute atomic E-state index is 0.0446. The van der Waals surface area contributed by atoms with E-state index in [0.29, 0.717) is 24.6 Å². The molecule has 0 fully saturated rings. The summed E-state index contributed by atoms with van der Waals surface area (Å²) in [5.74, 6) is -0.267. The van der Waals surface area contributed by atoms with Crippen LogP contribution in [0.15, 0.2) is 0 Å². The molecule has 0 N–H and O–H groups in total. The van der Waals surface area contributed by atoms with Crippen LogP contribution in [0.2, 0.25) is 0 Å². The molecule has 0 radical (unpaired) electrons. The Balaban J connectivity index is 3.13. The van der Waals surface area contributed by atoms with Crippen LogP contribution >= 0.6 is 15.9 Å². The first-order chi connectivity index (χ1) is 6.66. The number of carbonyl (C=O) groups is 1. The Morgan fingerprint density at radius 2 is 2.00 bits per heavy atom. The highest BCUT2D eigenvalue weighted by Gasteiger charge is 2.00. The predicted octanol–water partition coefficient (Wildman–Crippen LogP) is 1.30. The number of nitrogens with zero attached hydrogens (tertiary/aromatic N) is 1. The van der Waals surface area contributed by atoms with E-state index in [1.54, 1.807) is 0 Å². The van der Waals surface area contributed by atoms with Gasteiger partial charge in [0.05, 0.1) is 19.6 Å². The van der Waals surface area contributed by atoms with Crippen molar-refractivity contribution in [3.05, 3.63) is 10.1 Å². The Labute approximate surface area is 89.8 Å². The summed E-state index contributed by atoms with van der Waals surface area (Å²) in [5.41, 5.74) is 0. The molecule has 0 unspecified atom stereocenters. The number of carbonyl (C=O) groups excluding carboxylic acids is 1. The van der Waals surface area contributed by atoms with E-state index in [1.165, 1.54) is 0 Å². The summed E-state index contributed by atoms with van der Waals surface area (Å²) in [7, 11) is 0. The zero-order valence-corrected chi connectivity index (χ0v) is 9.20. The third kappa shape index (κ3) is 9.24. The molecule has 82 valence electrons. The Kier molecular flexibility index (Phi) is 8.20. The Morgan fingerprint density at radius 1 is 1.36 bits per heavy atom. The number of halogens is 1. The number of ether oxygens (including phenoxy) is 1. The zero-order chi connectivity index (χ0) is 10.8. The summed E-state index contributed by atoms with van der Waals surface area (Å²) in [6, 6.07) is 0. The van der Waals surface area contributed by atoms with E-state index in [1.807, 2.05) is 0 Å². The number of alkyl halides is 1. The molecule has 0 amide bonds. The van der Waals surface area contributed by atoms with Gasteiger partial charge in [-0.15, -0.1) is 10.1 Å². The van der Waals surface area contributed by atoms with Gasteiger partial charge in [0.1, 0.15) is 0 Å². The predicted molar refractivity (Wildman–Crippen MR) is 51.6 cm³/mol. The van der Waals surface area contributed by atoms with Gasteiger partial charge in [0.2, 0.25) is 0 Å². The lowest BCUT2D eigenvalue weighted by Gasteiger charge is -2.02. The minimum atomic E-state index is -0.836. The second-order valence-electron chi connectivity index (χ2n) is 2.42. The molecule has 0 heterocycles. The van der Waals surface area contributed by atoms with Crippen LogP contribution in [0, 0.1) is 10.1 Å². The van der Waals surface area contributed by atoms with E-state index in [2.05, 4.69) is 20.8 Å². The van der Waals surface area contributed by atoms with Crippen LogP contribution in [0.1, 0.15) is 19.3 Å². The third-order valence-corrected chi connectivity index (χ3v) is 1.69. The third-order valence-electron chi connectivity index (χ3n) is 1.30. The Morgan fingerprint density at radius 3 is 2.57 bits per heavy atom. The molecule has 0 atom stereocenters. The van der Waals surface area contributed by atoms with Gasteiger partial charge in [-0.2, -0.15) is 0 Å². The topological polar surface area (TPSA) is 78.7 Å². The van der Waals surface area contributed by atoms with Crippen LogP contribution in [-0.4, -0.2) is 29.6 Å². The monoisotopic (exact) mass is 269 g/mol. The Bertz CT molecular complexity index is 187. The van der Waals surface area contributed by atoms with Crippen molar-refractivity contribution >= 4 is 21.9 Å². The summed E-state index contributed by atoms with van der Waals surface area (Å²) in [5, 5.41) is 9.46. The average Bonchev–Trinajstić information content (AvgIpc) is 2.11. The second-order valence-corrected chi connectivity index (χ2v) is 3.22. The van der Waals surface area contributed by atoms with Crippen molar-refractivity contribution in [3.63, 3.8) is 0 Å². The van der Waals surface area contributed by atoms with E-state index >= 15 is 0 Å². The molecule has 0 aliphatic carbocycles. The average molecular weight is 270 g/mol. The minimum Gasteiger partial charge on any atom is -0.466 e. The van der Waals surface area contributed by atoms with E-state index < -0.39 is 5.09 Å². The van der Waals surface area contributed by atoms with Crippen molar-refractivity contribution in [2.45, 2.75) is 19.3 Å². The molecule has 14 heavy (non-hydrogen) atoms. The van der Waals surface area contributed by atoms with Crippen LogP contribution in [0.3, 0.4) is 0 Å². The maximum Gasteiger partial charge on any atom is 0.306 e. The molecule has 0 aromatic heterocycles. The highest BCUT2D eigenvalue weighted by Crippen LogP contribution is 1.95. The molecule has 0 aromatic carbocycles. The number of unbranched alkanes of at least 4 members (excludes halogenated alkanes) is 1. The van der Waals surface area contributed by atoms with Crippen molar-refractivity contribution < 1.29 is 19.5 Å². The molecule has 6 nitrogen and oxygen atoms in total. The van der Waals surface area contributed by atoms with Crippen molar-refractivity contribution in [1.29, 1.82) is 0 Å². The molecule has 0 spiro atoms. The van der Waals surface area contributed by atoms with E-state index in [0.717, 1.165) is 0 Å². The number of hydrogen-bond acceptors (Lipinski definition) is 5. The molecule has 0 aliphatic rings. The summed E-state index contributed by atoms with van der Waals surface area (Å²) in [6.07, 6.45) is 1.41. The van der Waals surface area contributed by atoms with Gasteiger partial charge >= 0.3 is 5.97 Å². The van der Waals surface area contributed by atoms with Gasteiger partial charge in [-0.05, 0) is 12.8 Å². The van der Waals surface area contributed by atoms with Crippen molar-refractivity contribution in [3.8, 4) is 0 Å². The van der Waals surface area contributed by atoms with Crippen molar-refractivity contribution in [2.24, 2.45) is 0 Å².